The Bertz CT molecular complexity index is 619. The summed E-state index contributed by atoms with van der Waals surface area (Å²) in [6.07, 6.45) is 1.85. The summed E-state index contributed by atoms with van der Waals surface area (Å²) in [6, 6.07) is 2.28. The molecule has 132 valence electrons. The van der Waals surface area contributed by atoms with Crippen LogP contribution in [0.1, 0.15) is 51.6 Å². The molecule has 1 aliphatic heterocycles. The van der Waals surface area contributed by atoms with Gasteiger partial charge in [0.1, 0.15) is 17.7 Å². The number of carbonyl (C=O) groups excluding carboxylic acids is 2. The number of rotatable bonds is 5. The molecule has 1 aliphatic rings. The maximum absolute atomic E-state index is 14.0. The average molecular weight is 338 g/mol. The van der Waals surface area contributed by atoms with Crippen LogP contribution in [0.5, 0.6) is 0 Å². The Morgan fingerprint density at radius 1 is 1.33 bits per heavy atom. The minimum atomic E-state index is -0.677. The van der Waals surface area contributed by atoms with E-state index in [1.54, 1.807) is 18.7 Å². The lowest BCUT2D eigenvalue weighted by molar-refractivity contribution is -0.141. The molecular weight excluding hydrogens is 314 g/mol. The number of nitrogens with one attached hydrogen (secondary N) is 1. The van der Waals surface area contributed by atoms with Crippen molar-refractivity contribution in [2.45, 2.75) is 52.1 Å². The fourth-order valence-electron chi connectivity index (χ4n) is 3.09. The second kappa shape index (κ2) is 7.73. The molecule has 0 spiro atoms. The van der Waals surface area contributed by atoms with Crippen molar-refractivity contribution in [3.8, 4) is 0 Å². The first kappa shape index (κ1) is 18.4. The third kappa shape index (κ3) is 3.91. The van der Waals surface area contributed by atoms with E-state index >= 15 is 0 Å². The smallest absolute Gasteiger partial charge is 0.243 e. The number of halogens is 2. The molecular formula is C18H24F2N2O2. The van der Waals surface area contributed by atoms with Crippen molar-refractivity contribution < 1.29 is 18.4 Å². The van der Waals surface area contributed by atoms with Crippen LogP contribution in [-0.4, -0.2) is 29.3 Å². The zero-order valence-electron chi connectivity index (χ0n) is 14.3. The fraction of sp³-hybridized carbons (Fsp3) is 0.556. The molecule has 2 atom stereocenters. The van der Waals surface area contributed by atoms with Crippen LogP contribution in [0.4, 0.5) is 8.78 Å². The lowest BCUT2D eigenvalue weighted by Crippen LogP contribution is -2.48. The van der Waals surface area contributed by atoms with E-state index in [2.05, 4.69) is 5.32 Å². The standard InChI is InChI=1S/C18H24F2N2O2/c1-4-15(13-8-7-12(19)10-14(13)20)21-17(23)16-6-5-9-22(16)18(24)11(2)3/h7-8,10-11,15-16H,4-6,9H2,1-3H3,(H,21,23)/t15-,16-/m1/s1. The zero-order chi connectivity index (χ0) is 17.9. The zero-order valence-corrected chi connectivity index (χ0v) is 14.3. The molecule has 4 nitrogen and oxygen atoms in total. The highest BCUT2D eigenvalue weighted by molar-refractivity contribution is 5.89. The monoisotopic (exact) mass is 338 g/mol. The Morgan fingerprint density at radius 2 is 2.04 bits per heavy atom. The van der Waals surface area contributed by atoms with E-state index in [-0.39, 0.29) is 23.3 Å². The highest BCUT2D eigenvalue weighted by atomic mass is 19.1. The molecule has 0 aromatic heterocycles. The van der Waals surface area contributed by atoms with Gasteiger partial charge in [-0.15, -0.1) is 0 Å². The molecule has 0 radical (unpaired) electrons. The molecule has 0 saturated carbocycles. The molecule has 6 heteroatoms. The van der Waals surface area contributed by atoms with E-state index in [4.69, 9.17) is 0 Å². The predicted molar refractivity (Wildman–Crippen MR) is 87.1 cm³/mol. The number of benzene rings is 1. The Kier molecular flexibility index (Phi) is 5.91. The summed E-state index contributed by atoms with van der Waals surface area (Å²) in [5.74, 6) is -1.83. The van der Waals surface area contributed by atoms with E-state index in [0.717, 1.165) is 12.5 Å². The van der Waals surface area contributed by atoms with Gasteiger partial charge in [-0.3, -0.25) is 9.59 Å². The maximum Gasteiger partial charge on any atom is 0.243 e. The summed E-state index contributed by atoms with van der Waals surface area (Å²) in [5.41, 5.74) is 0.256. The number of carbonyl (C=O) groups is 2. The van der Waals surface area contributed by atoms with Crippen LogP contribution in [0.2, 0.25) is 0 Å². The van der Waals surface area contributed by atoms with Gasteiger partial charge in [0.2, 0.25) is 11.8 Å². The van der Waals surface area contributed by atoms with Crippen LogP contribution in [0.25, 0.3) is 0 Å². The first-order valence-electron chi connectivity index (χ1n) is 8.41. The second-order valence-corrected chi connectivity index (χ2v) is 6.48. The molecule has 1 aromatic carbocycles. The van der Waals surface area contributed by atoms with Crippen LogP contribution < -0.4 is 5.32 Å². The summed E-state index contributed by atoms with van der Waals surface area (Å²) < 4.78 is 27.0. The summed E-state index contributed by atoms with van der Waals surface area (Å²) in [5, 5.41) is 2.81. The van der Waals surface area contributed by atoms with E-state index in [0.29, 0.717) is 19.4 Å². The summed E-state index contributed by atoms with van der Waals surface area (Å²) >= 11 is 0. The highest BCUT2D eigenvalue weighted by Crippen LogP contribution is 2.24. The van der Waals surface area contributed by atoms with Crippen molar-refractivity contribution in [3.05, 3.63) is 35.4 Å². The first-order valence-corrected chi connectivity index (χ1v) is 8.41. The van der Waals surface area contributed by atoms with Gasteiger partial charge in [-0.2, -0.15) is 0 Å². The van der Waals surface area contributed by atoms with Crippen LogP contribution >= 0.6 is 0 Å². The molecule has 1 saturated heterocycles. The average Bonchev–Trinajstić information content (AvgIpc) is 3.01. The van der Waals surface area contributed by atoms with Crippen molar-refractivity contribution in [2.24, 2.45) is 5.92 Å². The van der Waals surface area contributed by atoms with Gasteiger partial charge in [0.25, 0.3) is 0 Å². The molecule has 1 N–H and O–H groups in total. The molecule has 1 heterocycles. The Hall–Kier alpha value is -1.98. The van der Waals surface area contributed by atoms with Gasteiger partial charge in [-0.1, -0.05) is 26.8 Å². The Morgan fingerprint density at radius 3 is 2.62 bits per heavy atom. The molecule has 0 unspecified atom stereocenters. The Labute approximate surface area is 141 Å². The molecule has 24 heavy (non-hydrogen) atoms. The van der Waals surface area contributed by atoms with E-state index in [1.165, 1.54) is 12.1 Å². The van der Waals surface area contributed by atoms with Crippen molar-refractivity contribution >= 4 is 11.8 Å². The van der Waals surface area contributed by atoms with Crippen LogP contribution in [0, 0.1) is 17.6 Å². The summed E-state index contributed by atoms with van der Waals surface area (Å²) in [6.45, 7) is 5.99. The Balaban J connectivity index is 2.12. The molecule has 0 bridgehead atoms. The summed E-state index contributed by atoms with van der Waals surface area (Å²) in [7, 11) is 0. The fourth-order valence-corrected chi connectivity index (χ4v) is 3.09. The van der Waals surface area contributed by atoms with E-state index < -0.39 is 23.7 Å². The van der Waals surface area contributed by atoms with Crippen molar-refractivity contribution in [1.82, 2.24) is 10.2 Å². The lowest BCUT2D eigenvalue weighted by Gasteiger charge is -2.27. The van der Waals surface area contributed by atoms with Gasteiger partial charge in [-0.25, -0.2) is 8.78 Å². The topological polar surface area (TPSA) is 49.4 Å². The highest BCUT2D eigenvalue weighted by Gasteiger charge is 2.35. The third-order valence-electron chi connectivity index (χ3n) is 4.40. The van der Waals surface area contributed by atoms with Crippen molar-refractivity contribution in [3.63, 3.8) is 0 Å². The first-order chi connectivity index (χ1) is 11.3. The van der Waals surface area contributed by atoms with Gasteiger partial charge >= 0.3 is 0 Å². The summed E-state index contributed by atoms with van der Waals surface area (Å²) in [4.78, 5) is 26.4. The third-order valence-corrected chi connectivity index (χ3v) is 4.40. The van der Waals surface area contributed by atoms with Crippen molar-refractivity contribution in [1.29, 1.82) is 0 Å². The number of amides is 2. The minimum absolute atomic E-state index is 0.0475. The van der Waals surface area contributed by atoms with E-state index in [1.807, 2.05) is 6.92 Å². The number of likely N-dealkylation sites (tertiary alicyclic amines) is 1. The molecule has 1 aromatic rings. The number of hydrogen-bond acceptors (Lipinski definition) is 2. The van der Waals surface area contributed by atoms with Crippen molar-refractivity contribution in [2.75, 3.05) is 6.54 Å². The van der Waals surface area contributed by atoms with Crippen LogP contribution in [0.15, 0.2) is 18.2 Å². The van der Waals surface area contributed by atoms with Crippen LogP contribution in [0.3, 0.4) is 0 Å². The van der Waals surface area contributed by atoms with Gasteiger partial charge in [0.15, 0.2) is 0 Å². The molecule has 2 rings (SSSR count). The largest absolute Gasteiger partial charge is 0.347 e. The van der Waals surface area contributed by atoms with Crippen LogP contribution in [-0.2, 0) is 9.59 Å². The quantitative estimate of drug-likeness (QED) is 0.896. The second-order valence-electron chi connectivity index (χ2n) is 6.48. The van der Waals surface area contributed by atoms with Gasteiger partial charge in [0, 0.05) is 24.1 Å². The predicted octanol–water partition coefficient (Wildman–Crippen LogP) is 3.18. The number of nitrogens with zero attached hydrogens (tertiary/aromatic N) is 1. The van der Waals surface area contributed by atoms with Gasteiger partial charge in [0.05, 0.1) is 6.04 Å². The molecule has 1 fully saturated rings. The number of hydrogen-bond donors (Lipinski definition) is 1. The van der Waals surface area contributed by atoms with Gasteiger partial charge < -0.3 is 10.2 Å². The van der Waals surface area contributed by atoms with E-state index in [9.17, 15) is 18.4 Å². The van der Waals surface area contributed by atoms with Gasteiger partial charge in [-0.05, 0) is 25.3 Å². The SMILES string of the molecule is CC[C@@H](NC(=O)[C@H]1CCCN1C(=O)C(C)C)c1ccc(F)cc1F. The normalized spacial score (nSPS) is 18.8. The molecule has 2 amide bonds. The minimum Gasteiger partial charge on any atom is -0.347 e. The molecule has 0 aliphatic carbocycles. The maximum atomic E-state index is 14.0. The lowest BCUT2D eigenvalue weighted by atomic mass is 10.0.